The van der Waals surface area contributed by atoms with E-state index in [0.717, 1.165) is 23.1 Å². The van der Waals surface area contributed by atoms with E-state index in [2.05, 4.69) is 5.32 Å². The number of phenolic OH excluding ortho intramolecular Hbond substituents is 1. The highest BCUT2D eigenvalue weighted by atomic mass is 16.3. The summed E-state index contributed by atoms with van der Waals surface area (Å²) in [6, 6.07) is 11.1. The molecule has 3 rings (SSSR count). The predicted octanol–water partition coefficient (Wildman–Crippen LogP) is 3.86. The third-order valence-corrected chi connectivity index (χ3v) is 4.42. The first-order valence-corrected chi connectivity index (χ1v) is 7.74. The SMILES string of the molecule is O=C(NCCC1CCCC1)c1cc2ccccc2cc1O. The molecule has 1 aliphatic carbocycles. The zero-order valence-electron chi connectivity index (χ0n) is 12.1. The predicted molar refractivity (Wildman–Crippen MR) is 84.5 cm³/mol. The zero-order chi connectivity index (χ0) is 14.7. The monoisotopic (exact) mass is 283 g/mol. The summed E-state index contributed by atoms with van der Waals surface area (Å²) in [7, 11) is 0. The van der Waals surface area contributed by atoms with Crippen LogP contribution in [0.5, 0.6) is 5.75 Å². The van der Waals surface area contributed by atoms with Gasteiger partial charge in [0.2, 0.25) is 0 Å². The molecule has 0 heterocycles. The Morgan fingerprint density at radius 2 is 1.81 bits per heavy atom. The van der Waals surface area contributed by atoms with Gasteiger partial charge in [-0.1, -0.05) is 49.9 Å². The van der Waals surface area contributed by atoms with Gasteiger partial charge in [0.05, 0.1) is 5.56 Å². The van der Waals surface area contributed by atoms with Gasteiger partial charge in [-0.25, -0.2) is 0 Å². The number of phenols is 1. The average Bonchev–Trinajstić information content (AvgIpc) is 2.99. The van der Waals surface area contributed by atoms with Gasteiger partial charge in [-0.15, -0.1) is 0 Å². The summed E-state index contributed by atoms with van der Waals surface area (Å²) in [6.45, 7) is 0.690. The number of hydrogen-bond donors (Lipinski definition) is 2. The molecule has 3 nitrogen and oxygen atoms in total. The van der Waals surface area contributed by atoms with Gasteiger partial charge in [-0.3, -0.25) is 4.79 Å². The van der Waals surface area contributed by atoms with Crippen molar-refractivity contribution in [2.75, 3.05) is 6.54 Å². The largest absolute Gasteiger partial charge is 0.507 e. The Hall–Kier alpha value is -2.03. The Morgan fingerprint density at radius 1 is 1.14 bits per heavy atom. The van der Waals surface area contributed by atoms with E-state index in [9.17, 15) is 9.90 Å². The molecular weight excluding hydrogens is 262 g/mol. The van der Waals surface area contributed by atoms with Gasteiger partial charge in [-0.05, 0) is 35.2 Å². The minimum atomic E-state index is -0.184. The highest BCUT2D eigenvalue weighted by molar-refractivity contribution is 6.01. The van der Waals surface area contributed by atoms with E-state index < -0.39 is 0 Å². The molecular formula is C18H21NO2. The van der Waals surface area contributed by atoms with Crippen LogP contribution < -0.4 is 5.32 Å². The second kappa shape index (κ2) is 6.17. The maximum atomic E-state index is 12.2. The average molecular weight is 283 g/mol. The Morgan fingerprint density at radius 3 is 2.52 bits per heavy atom. The molecule has 0 radical (unpaired) electrons. The lowest BCUT2D eigenvalue weighted by molar-refractivity contribution is 0.0949. The molecule has 110 valence electrons. The molecule has 1 fully saturated rings. The van der Waals surface area contributed by atoms with Crippen LogP contribution in [0.3, 0.4) is 0 Å². The van der Waals surface area contributed by atoms with E-state index in [1.54, 1.807) is 12.1 Å². The minimum Gasteiger partial charge on any atom is -0.507 e. The molecule has 0 unspecified atom stereocenters. The molecule has 1 amide bonds. The molecule has 0 saturated heterocycles. The Labute approximate surface area is 125 Å². The lowest BCUT2D eigenvalue weighted by Crippen LogP contribution is -2.25. The van der Waals surface area contributed by atoms with E-state index in [-0.39, 0.29) is 11.7 Å². The molecule has 0 atom stereocenters. The maximum absolute atomic E-state index is 12.2. The van der Waals surface area contributed by atoms with Crippen LogP contribution in [0, 0.1) is 5.92 Å². The van der Waals surface area contributed by atoms with Crippen LogP contribution in [-0.2, 0) is 0 Å². The number of fused-ring (bicyclic) bond motifs is 1. The number of benzene rings is 2. The Balaban J connectivity index is 1.67. The zero-order valence-corrected chi connectivity index (χ0v) is 12.1. The summed E-state index contributed by atoms with van der Waals surface area (Å²) in [6.07, 6.45) is 6.27. The van der Waals surface area contributed by atoms with E-state index in [1.165, 1.54) is 25.7 Å². The fourth-order valence-corrected chi connectivity index (χ4v) is 3.19. The fraction of sp³-hybridized carbons (Fsp3) is 0.389. The minimum absolute atomic E-state index is 0.0482. The molecule has 1 saturated carbocycles. The van der Waals surface area contributed by atoms with Gasteiger partial charge < -0.3 is 10.4 Å². The molecule has 2 aromatic rings. The topological polar surface area (TPSA) is 49.3 Å². The van der Waals surface area contributed by atoms with Crippen molar-refractivity contribution in [3.8, 4) is 5.75 Å². The first-order chi connectivity index (χ1) is 10.2. The molecule has 0 spiro atoms. The molecule has 3 heteroatoms. The summed E-state index contributed by atoms with van der Waals surface area (Å²) in [5.41, 5.74) is 0.361. The maximum Gasteiger partial charge on any atom is 0.255 e. The van der Waals surface area contributed by atoms with Crippen molar-refractivity contribution in [2.24, 2.45) is 5.92 Å². The first-order valence-electron chi connectivity index (χ1n) is 7.74. The molecule has 0 aromatic heterocycles. The number of rotatable bonds is 4. The molecule has 2 N–H and O–H groups in total. The number of carbonyl (C=O) groups excluding carboxylic acids is 1. The summed E-state index contributed by atoms with van der Waals surface area (Å²) < 4.78 is 0. The molecule has 1 aliphatic rings. The molecule has 2 aromatic carbocycles. The summed E-state index contributed by atoms with van der Waals surface area (Å²) >= 11 is 0. The van der Waals surface area contributed by atoms with Gasteiger partial charge >= 0.3 is 0 Å². The van der Waals surface area contributed by atoms with E-state index in [0.29, 0.717) is 12.1 Å². The smallest absolute Gasteiger partial charge is 0.255 e. The van der Waals surface area contributed by atoms with Crippen LogP contribution >= 0.6 is 0 Å². The van der Waals surface area contributed by atoms with Crippen molar-refractivity contribution in [3.63, 3.8) is 0 Å². The van der Waals surface area contributed by atoms with Gasteiger partial charge in [0.1, 0.15) is 5.75 Å². The fourth-order valence-electron chi connectivity index (χ4n) is 3.19. The Kier molecular flexibility index (Phi) is 4.09. The summed E-state index contributed by atoms with van der Waals surface area (Å²) in [5, 5.41) is 14.9. The van der Waals surface area contributed by atoms with Gasteiger partial charge in [-0.2, -0.15) is 0 Å². The number of nitrogens with one attached hydrogen (secondary N) is 1. The van der Waals surface area contributed by atoms with Gasteiger partial charge in [0.15, 0.2) is 0 Å². The van der Waals surface area contributed by atoms with Crippen molar-refractivity contribution >= 4 is 16.7 Å². The first kappa shape index (κ1) is 13.9. The van der Waals surface area contributed by atoms with Crippen LogP contribution in [-0.4, -0.2) is 17.6 Å². The van der Waals surface area contributed by atoms with Crippen LogP contribution in [0.2, 0.25) is 0 Å². The number of carbonyl (C=O) groups is 1. The van der Waals surface area contributed by atoms with Crippen molar-refractivity contribution in [1.82, 2.24) is 5.32 Å². The summed E-state index contributed by atoms with van der Waals surface area (Å²) in [4.78, 5) is 12.2. The van der Waals surface area contributed by atoms with E-state index in [4.69, 9.17) is 0 Å². The number of hydrogen-bond acceptors (Lipinski definition) is 2. The second-order valence-corrected chi connectivity index (χ2v) is 5.91. The van der Waals surface area contributed by atoms with Crippen molar-refractivity contribution in [3.05, 3.63) is 42.0 Å². The third kappa shape index (κ3) is 3.18. The van der Waals surface area contributed by atoms with Crippen molar-refractivity contribution < 1.29 is 9.90 Å². The van der Waals surface area contributed by atoms with Crippen molar-refractivity contribution in [2.45, 2.75) is 32.1 Å². The van der Waals surface area contributed by atoms with Crippen LogP contribution in [0.15, 0.2) is 36.4 Å². The highest BCUT2D eigenvalue weighted by Crippen LogP contribution is 2.27. The molecule has 21 heavy (non-hydrogen) atoms. The normalized spacial score (nSPS) is 15.4. The number of aromatic hydroxyl groups is 1. The lowest BCUT2D eigenvalue weighted by Gasteiger charge is -2.11. The molecule has 0 bridgehead atoms. The Bertz CT molecular complexity index is 645. The quantitative estimate of drug-likeness (QED) is 0.895. The standard InChI is InChI=1S/C18H21NO2/c20-17-12-15-8-4-3-7-14(15)11-16(17)18(21)19-10-9-13-5-1-2-6-13/h3-4,7-8,11-13,20H,1-2,5-6,9-10H2,(H,19,21). The third-order valence-electron chi connectivity index (χ3n) is 4.42. The van der Waals surface area contributed by atoms with E-state index >= 15 is 0 Å². The lowest BCUT2D eigenvalue weighted by atomic mass is 10.0. The van der Waals surface area contributed by atoms with Crippen molar-refractivity contribution in [1.29, 1.82) is 0 Å². The number of amides is 1. The van der Waals surface area contributed by atoms with Crippen LogP contribution in [0.4, 0.5) is 0 Å². The molecule has 0 aliphatic heterocycles. The van der Waals surface area contributed by atoms with E-state index in [1.807, 2.05) is 24.3 Å². The van der Waals surface area contributed by atoms with Crippen LogP contribution in [0.25, 0.3) is 10.8 Å². The highest BCUT2D eigenvalue weighted by Gasteiger charge is 2.16. The van der Waals surface area contributed by atoms with Gasteiger partial charge in [0.25, 0.3) is 5.91 Å². The van der Waals surface area contributed by atoms with Crippen LogP contribution in [0.1, 0.15) is 42.5 Å². The van der Waals surface area contributed by atoms with Gasteiger partial charge in [0, 0.05) is 6.54 Å². The second-order valence-electron chi connectivity index (χ2n) is 5.91. The summed E-state index contributed by atoms with van der Waals surface area (Å²) in [5.74, 6) is 0.624.